The maximum Gasteiger partial charge on any atom is 0.227 e. The van der Waals surface area contributed by atoms with Crippen molar-refractivity contribution < 1.29 is 4.42 Å². The van der Waals surface area contributed by atoms with E-state index in [1.807, 2.05) is 36.4 Å². The van der Waals surface area contributed by atoms with E-state index in [1.54, 1.807) is 0 Å². The average molecular weight is 717 g/mol. The van der Waals surface area contributed by atoms with Gasteiger partial charge in [-0.2, -0.15) is 0 Å². The quantitative estimate of drug-likeness (QED) is 0.157. The van der Waals surface area contributed by atoms with Gasteiger partial charge in [-0.25, -0.2) is 4.98 Å². The van der Waals surface area contributed by atoms with E-state index in [9.17, 15) is 0 Å². The lowest BCUT2D eigenvalue weighted by atomic mass is 9.97. The molecule has 9 aromatic carbocycles. The fourth-order valence-electron chi connectivity index (χ4n) is 7.80. The third-order valence-corrected chi connectivity index (χ3v) is 10.5. The predicted octanol–water partition coefficient (Wildman–Crippen LogP) is 14.8. The first-order valence-electron chi connectivity index (χ1n) is 19.0. The molecule has 0 fully saturated rings. The van der Waals surface area contributed by atoms with Crippen LogP contribution in [0.25, 0.3) is 77.8 Å². The number of para-hydroxylation sites is 1. The summed E-state index contributed by atoms with van der Waals surface area (Å²) in [4.78, 5) is 7.44. The van der Waals surface area contributed by atoms with E-state index < -0.39 is 0 Å². The molecule has 0 aliphatic heterocycles. The SMILES string of the molecule is c1ccc(-c2nc3c(-c4ccccc4)ccc(-c4ccc(N(c5ccc(-c6cccc7ccccc67)cc5)c5ccccc5-c5ccccc5)cc4)c3o2)cc1. The van der Waals surface area contributed by atoms with E-state index in [4.69, 9.17) is 9.40 Å². The molecule has 0 aliphatic rings. The monoisotopic (exact) mass is 716 g/mol. The number of aromatic nitrogens is 1. The summed E-state index contributed by atoms with van der Waals surface area (Å²) < 4.78 is 6.64. The number of hydrogen-bond acceptors (Lipinski definition) is 3. The van der Waals surface area contributed by atoms with Gasteiger partial charge in [0.1, 0.15) is 5.52 Å². The van der Waals surface area contributed by atoms with Crippen molar-refractivity contribution in [3.63, 3.8) is 0 Å². The highest BCUT2D eigenvalue weighted by Gasteiger charge is 2.20. The van der Waals surface area contributed by atoms with Crippen LogP contribution in [0.15, 0.2) is 223 Å². The van der Waals surface area contributed by atoms with Crippen LogP contribution in [-0.2, 0) is 0 Å². The first-order chi connectivity index (χ1) is 27.8. The number of benzene rings is 9. The maximum atomic E-state index is 6.64. The number of anilines is 3. The summed E-state index contributed by atoms with van der Waals surface area (Å²) in [5, 5.41) is 2.49. The Kier molecular flexibility index (Phi) is 8.51. The van der Waals surface area contributed by atoms with Gasteiger partial charge in [0.05, 0.1) is 5.69 Å². The van der Waals surface area contributed by atoms with Gasteiger partial charge in [0, 0.05) is 33.6 Å². The predicted molar refractivity (Wildman–Crippen MR) is 233 cm³/mol. The average Bonchev–Trinajstić information content (AvgIpc) is 3.74. The second-order valence-electron chi connectivity index (χ2n) is 13.9. The van der Waals surface area contributed by atoms with Gasteiger partial charge in [0.2, 0.25) is 5.89 Å². The Bertz CT molecular complexity index is 2930. The smallest absolute Gasteiger partial charge is 0.227 e. The van der Waals surface area contributed by atoms with Crippen LogP contribution >= 0.6 is 0 Å². The fourth-order valence-corrected chi connectivity index (χ4v) is 7.80. The zero-order valence-corrected chi connectivity index (χ0v) is 30.6. The third kappa shape index (κ3) is 6.12. The molecule has 0 aliphatic carbocycles. The summed E-state index contributed by atoms with van der Waals surface area (Å²) in [7, 11) is 0. The zero-order valence-electron chi connectivity index (χ0n) is 30.6. The first-order valence-corrected chi connectivity index (χ1v) is 19.0. The lowest BCUT2D eigenvalue weighted by molar-refractivity contribution is 0.621. The van der Waals surface area contributed by atoms with Crippen LogP contribution < -0.4 is 4.90 Å². The molecule has 3 nitrogen and oxygen atoms in total. The molecule has 0 radical (unpaired) electrons. The molecule has 10 aromatic rings. The summed E-state index contributed by atoms with van der Waals surface area (Å²) in [6.07, 6.45) is 0. The minimum atomic E-state index is 0.609. The molecule has 0 spiro atoms. The van der Waals surface area contributed by atoms with E-state index in [0.717, 1.165) is 67.1 Å². The molecule has 3 heteroatoms. The fraction of sp³-hybridized carbons (Fsp3) is 0. The standard InChI is InChI=1S/C53H36N2O/c1-4-15-38(16-5-1)47-24-12-13-26-50(47)55(43-31-27-40(28-32-43)46-25-14-22-37-19-10-11-23-45(37)46)44-33-29-41(30-34-44)49-36-35-48(39-17-6-2-7-18-39)51-52(49)56-53(54-51)42-20-8-3-9-21-42/h1-36H. The molecule has 0 saturated heterocycles. The second kappa shape index (κ2) is 14.4. The maximum absolute atomic E-state index is 6.64. The first kappa shape index (κ1) is 33.1. The van der Waals surface area contributed by atoms with Gasteiger partial charge in [-0.1, -0.05) is 170 Å². The molecule has 0 bridgehead atoms. The summed E-state index contributed by atoms with van der Waals surface area (Å²) in [6.45, 7) is 0. The van der Waals surface area contributed by atoms with Gasteiger partial charge in [-0.15, -0.1) is 0 Å². The van der Waals surface area contributed by atoms with Gasteiger partial charge in [-0.3, -0.25) is 0 Å². The second-order valence-corrected chi connectivity index (χ2v) is 13.9. The molecular formula is C53H36N2O. The lowest BCUT2D eigenvalue weighted by Crippen LogP contribution is -2.11. The summed E-state index contributed by atoms with van der Waals surface area (Å²) >= 11 is 0. The Morgan fingerprint density at radius 1 is 0.339 bits per heavy atom. The topological polar surface area (TPSA) is 29.3 Å². The summed E-state index contributed by atoms with van der Waals surface area (Å²) in [6, 6.07) is 77.0. The molecule has 0 N–H and O–H groups in total. The van der Waals surface area contributed by atoms with Crippen LogP contribution in [0.5, 0.6) is 0 Å². The number of rotatable bonds is 8. The number of nitrogens with zero attached hydrogens (tertiary/aromatic N) is 2. The molecule has 0 saturated carbocycles. The summed E-state index contributed by atoms with van der Waals surface area (Å²) in [5.41, 5.74) is 14.7. The van der Waals surface area contributed by atoms with Crippen LogP contribution in [0.3, 0.4) is 0 Å². The summed E-state index contributed by atoms with van der Waals surface area (Å²) in [5.74, 6) is 0.609. The van der Waals surface area contributed by atoms with Crippen LogP contribution in [-0.4, -0.2) is 4.98 Å². The molecule has 56 heavy (non-hydrogen) atoms. The molecule has 1 aromatic heterocycles. The largest absolute Gasteiger partial charge is 0.435 e. The van der Waals surface area contributed by atoms with Gasteiger partial charge in [0.15, 0.2) is 5.58 Å². The minimum Gasteiger partial charge on any atom is -0.435 e. The van der Waals surface area contributed by atoms with Crippen molar-refractivity contribution in [2.24, 2.45) is 0 Å². The van der Waals surface area contributed by atoms with E-state index in [0.29, 0.717) is 5.89 Å². The van der Waals surface area contributed by atoms with Crippen LogP contribution in [0.4, 0.5) is 17.1 Å². The molecule has 264 valence electrons. The zero-order chi connectivity index (χ0) is 37.3. The van der Waals surface area contributed by atoms with Gasteiger partial charge in [-0.05, 0) is 87.1 Å². The van der Waals surface area contributed by atoms with Crippen LogP contribution in [0.2, 0.25) is 0 Å². The highest BCUT2D eigenvalue weighted by Crippen LogP contribution is 2.43. The Balaban J connectivity index is 1.09. The Hall–Kier alpha value is -7.49. The Labute approximate surface area is 326 Å². The number of oxazole rings is 1. The van der Waals surface area contributed by atoms with Crippen molar-refractivity contribution in [1.29, 1.82) is 0 Å². The highest BCUT2D eigenvalue weighted by molar-refractivity contribution is 6.01. The van der Waals surface area contributed by atoms with Crippen molar-refractivity contribution in [3.05, 3.63) is 218 Å². The molecule has 1 heterocycles. The van der Waals surface area contributed by atoms with Gasteiger partial charge < -0.3 is 9.32 Å². The van der Waals surface area contributed by atoms with E-state index in [-0.39, 0.29) is 0 Å². The van der Waals surface area contributed by atoms with Crippen LogP contribution in [0, 0.1) is 0 Å². The van der Waals surface area contributed by atoms with Gasteiger partial charge in [0.25, 0.3) is 0 Å². The molecule has 0 unspecified atom stereocenters. The third-order valence-electron chi connectivity index (χ3n) is 10.5. The van der Waals surface area contributed by atoms with Crippen molar-refractivity contribution in [2.75, 3.05) is 4.90 Å². The lowest BCUT2D eigenvalue weighted by Gasteiger charge is -2.28. The van der Waals surface area contributed by atoms with Crippen LogP contribution in [0.1, 0.15) is 0 Å². The minimum absolute atomic E-state index is 0.609. The highest BCUT2D eigenvalue weighted by atomic mass is 16.3. The van der Waals surface area contributed by atoms with Gasteiger partial charge >= 0.3 is 0 Å². The number of fused-ring (bicyclic) bond motifs is 2. The number of hydrogen-bond donors (Lipinski definition) is 0. The van der Waals surface area contributed by atoms with Crippen molar-refractivity contribution in [3.8, 4) is 56.0 Å². The van der Waals surface area contributed by atoms with Crippen molar-refractivity contribution >= 4 is 38.9 Å². The van der Waals surface area contributed by atoms with Crippen molar-refractivity contribution in [2.45, 2.75) is 0 Å². The van der Waals surface area contributed by atoms with E-state index >= 15 is 0 Å². The molecule has 0 amide bonds. The molecule has 10 rings (SSSR count). The van der Waals surface area contributed by atoms with E-state index in [2.05, 4.69) is 187 Å². The molecular weight excluding hydrogens is 681 g/mol. The van der Waals surface area contributed by atoms with E-state index in [1.165, 1.54) is 21.9 Å². The molecule has 0 atom stereocenters. The Morgan fingerprint density at radius 3 is 1.50 bits per heavy atom. The van der Waals surface area contributed by atoms with Crippen molar-refractivity contribution in [1.82, 2.24) is 4.98 Å². The Morgan fingerprint density at radius 2 is 0.821 bits per heavy atom. The normalized spacial score (nSPS) is 11.2.